The second-order valence-electron chi connectivity index (χ2n) is 7.40. The highest BCUT2D eigenvalue weighted by atomic mass is 16.5. The third-order valence-corrected chi connectivity index (χ3v) is 5.57. The van der Waals surface area contributed by atoms with E-state index in [-0.39, 0.29) is 5.92 Å². The maximum absolute atomic E-state index is 6.05. The molecule has 0 unspecified atom stereocenters. The molecule has 3 heterocycles. The Morgan fingerprint density at radius 1 is 1.18 bits per heavy atom. The number of benzene rings is 1. The summed E-state index contributed by atoms with van der Waals surface area (Å²) in [5, 5.41) is 13.1. The van der Waals surface area contributed by atoms with E-state index in [0.717, 1.165) is 31.7 Å². The standard InChI is InChI=1S/C21H27N5O2/c1-4-26-15(2)17(10-22-26)11-25-12-18(14-27-3)19(13-25)21-24-23-20(28-21)16-8-6-5-7-9-16/h5-10,18-19H,4,11-14H2,1-3H3/t18-,19+/m0/s1. The molecule has 28 heavy (non-hydrogen) atoms. The van der Waals surface area contributed by atoms with Crippen molar-refractivity contribution in [2.45, 2.75) is 32.9 Å². The SMILES string of the molecule is CCn1ncc(CN2C[C@@H](COC)[C@H](c3nnc(-c4ccccc4)o3)C2)c1C. The zero-order valence-electron chi connectivity index (χ0n) is 16.7. The summed E-state index contributed by atoms with van der Waals surface area (Å²) < 4.78 is 13.6. The predicted molar refractivity (Wildman–Crippen MR) is 106 cm³/mol. The van der Waals surface area contributed by atoms with Gasteiger partial charge in [0.2, 0.25) is 11.8 Å². The lowest BCUT2D eigenvalue weighted by atomic mass is 9.97. The second kappa shape index (κ2) is 8.24. The first-order chi connectivity index (χ1) is 13.7. The van der Waals surface area contributed by atoms with Gasteiger partial charge in [0.1, 0.15) is 0 Å². The number of aromatic nitrogens is 4. The van der Waals surface area contributed by atoms with Crippen LogP contribution in [0.3, 0.4) is 0 Å². The third-order valence-electron chi connectivity index (χ3n) is 5.57. The highest BCUT2D eigenvalue weighted by molar-refractivity contribution is 5.51. The van der Waals surface area contributed by atoms with E-state index in [2.05, 4.69) is 34.0 Å². The lowest BCUT2D eigenvalue weighted by Crippen LogP contribution is -2.21. The number of hydrogen-bond donors (Lipinski definition) is 0. The third kappa shape index (κ3) is 3.72. The van der Waals surface area contributed by atoms with Gasteiger partial charge in [-0.1, -0.05) is 18.2 Å². The van der Waals surface area contributed by atoms with Crippen molar-refractivity contribution in [3.05, 3.63) is 53.7 Å². The second-order valence-corrected chi connectivity index (χ2v) is 7.40. The maximum atomic E-state index is 6.05. The van der Waals surface area contributed by atoms with Gasteiger partial charge in [0.15, 0.2) is 0 Å². The first-order valence-corrected chi connectivity index (χ1v) is 9.81. The number of likely N-dealkylation sites (tertiary alicyclic amines) is 1. The number of ether oxygens (including phenoxy) is 1. The number of rotatable bonds is 7. The first kappa shape index (κ1) is 18.8. The quantitative estimate of drug-likeness (QED) is 0.626. The van der Waals surface area contributed by atoms with Crippen molar-refractivity contribution in [3.8, 4) is 11.5 Å². The Labute approximate surface area is 165 Å². The normalized spacial score (nSPS) is 20.1. The van der Waals surface area contributed by atoms with Gasteiger partial charge in [0.05, 0.1) is 18.7 Å². The molecule has 0 N–H and O–H groups in total. The van der Waals surface area contributed by atoms with Crippen molar-refractivity contribution < 1.29 is 9.15 Å². The van der Waals surface area contributed by atoms with E-state index >= 15 is 0 Å². The molecule has 3 aromatic rings. The minimum atomic E-state index is 0.173. The zero-order valence-corrected chi connectivity index (χ0v) is 16.7. The summed E-state index contributed by atoms with van der Waals surface area (Å²) in [6.45, 7) is 8.52. The highest BCUT2D eigenvalue weighted by Crippen LogP contribution is 2.34. The summed E-state index contributed by atoms with van der Waals surface area (Å²) in [5.74, 6) is 1.77. The molecular formula is C21H27N5O2. The molecule has 1 fully saturated rings. The number of aryl methyl sites for hydroxylation is 1. The van der Waals surface area contributed by atoms with Gasteiger partial charge in [-0.2, -0.15) is 5.10 Å². The van der Waals surface area contributed by atoms with Gasteiger partial charge in [-0.3, -0.25) is 9.58 Å². The van der Waals surface area contributed by atoms with Crippen LogP contribution in [0.15, 0.2) is 40.9 Å². The van der Waals surface area contributed by atoms with Crippen LogP contribution in [0.1, 0.15) is 30.0 Å². The Morgan fingerprint density at radius 2 is 2.00 bits per heavy atom. The molecule has 1 aliphatic heterocycles. The van der Waals surface area contributed by atoms with Crippen molar-refractivity contribution in [1.29, 1.82) is 0 Å². The lowest BCUT2D eigenvalue weighted by molar-refractivity contribution is 0.144. The average Bonchev–Trinajstić information content (AvgIpc) is 3.43. The zero-order chi connectivity index (χ0) is 19.5. The van der Waals surface area contributed by atoms with Gasteiger partial charge < -0.3 is 9.15 Å². The molecule has 0 radical (unpaired) electrons. The van der Waals surface area contributed by atoms with Crippen LogP contribution < -0.4 is 0 Å². The molecule has 7 heteroatoms. The molecule has 0 aliphatic carbocycles. The Kier molecular flexibility index (Phi) is 5.54. The molecular weight excluding hydrogens is 354 g/mol. The Morgan fingerprint density at radius 3 is 2.71 bits per heavy atom. The fourth-order valence-corrected chi connectivity index (χ4v) is 4.03. The van der Waals surface area contributed by atoms with Gasteiger partial charge >= 0.3 is 0 Å². The van der Waals surface area contributed by atoms with Crippen molar-refractivity contribution in [2.75, 3.05) is 26.8 Å². The molecule has 4 rings (SSSR count). The van der Waals surface area contributed by atoms with Gasteiger partial charge in [0.25, 0.3) is 0 Å². The van der Waals surface area contributed by atoms with E-state index in [1.807, 2.05) is 41.2 Å². The molecule has 0 bridgehead atoms. The summed E-state index contributed by atoms with van der Waals surface area (Å²) in [5.41, 5.74) is 3.45. The summed E-state index contributed by atoms with van der Waals surface area (Å²) in [4.78, 5) is 2.44. The molecule has 148 valence electrons. The summed E-state index contributed by atoms with van der Waals surface area (Å²) in [6.07, 6.45) is 1.98. The van der Waals surface area contributed by atoms with Crippen molar-refractivity contribution in [2.24, 2.45) is 5.92 Å². The van der Waals surface area contributed by atoms with Gasteiger partial charge in [-0.25, -0.2) is 0 Å². The maximum Gasteiger partial charge on any atom is 0.247 e. The van der Waals surface area contributed by atoms with E-state index in [1.54, 1.807) is 7.11 Å². The lowest BCUT2D eigenvalue weighted by Gasteiger charge is -2.15. The predicted octanol–water partition coefficient (Wildman–Crippen LogP) is 3.12. The van der Waals surface area contributed by atoms with Gasteiger partial charge in [-0.05, 0) is 26.0 Å². The molecule has 2 aromatic heterocycles. The van der Waals surface area contributed by atoms with E-state index in [1.165, 1.54) is 11.3 Å². The Bertz CT molecular complexity index is 905. The van der Waals surface area contributed by atoms with Crippen LogP contribution in [0.2, 0.25) is 0 Å². The van der Waals surface area contributed by atoms with Crippen LogP contribution in [0.4, 0.5) is 0 Å². The largest absolute Gasteiger partial charge is 0.420 e. The fourth-order valence-electron chi connectivity index (χ4n) is 4.03. The van der Waals surface area contributed by atoms with E-state index in [0.29, 0.717) is 24.3 Å². The number of nitrogens with zero attached hydrogens (tertiary/aromatic N) is 5. The van der Waals surface area contributed by atoms with E-state index < -0.39 is 0 Å². The molecule has 0 saturated carbocycles. The summed E-state index contributed by atoms with van der Waals surface area (Å²) >= 11 is 0. The van der Waals surface area contributed by atoms with Crippen LogP contribution >= 0.6 is 0 Å². The molecule has 2 atom stereocenters. The van der Waals surface area contributed by atoms with E-state index in [9.17, 15) is 0 Å². The minimum absolute atomic E-state index is 0.173. The van der Waals surface area contributed by atoms with Crippen LogP contribution in [-0.4, -0.2) is 51.7 Å². The molecule has 0 amide bonds. The highest BCUT2D eigenvalue weighted by Gasteiger charge is 2.37. The molecule has 1 saturated heterocycles. The van der Waals surface area contributed by atoms with Crippen molar-refractivity contribution >= 4 is 0 Å². The van der Waals surface area contributed by atoms with Gasteiger partial charge in [0, 0.05) is 56.0 Å². The van der Waals surface area contributed by atoms with Crippen molar-refractivity contribution in [1.82, 2.24) is 24.9 Å². The topological polar surface area (TPSA) is 69.2 Å². The monoisotopic (exact) mass is 381 g/mol. The van der Waals surface area contributed by atoms with Crippen LogP contribution in [0.25, 0.3) is 11.5 Å². The average molecular weight is 381 g/mol. The molecule has 1 aliphatic rings. The molecule has 0 spiro atoms. The smallest absolute Gasteiger partial charge is 0.247 e. The van der Waals surface area contributed by atoms with Gasteiger partial charge in [-0.15, -0.1) is 10.2 Å². The Hall–Kier alpha value is -2.51. The van der Waals surface area contributed by atoms with E-state index in [4.69, 9.17) is 9.15 Å². The van der Waals surface area contributed by atoms with Crippen molar-refractivity contribution in [3.63, 3.8) is 0 Å². The summed E-state index contributed by atoms with van der Waals surface area (Å²) in [6, 6.07) is 9.90. The minimum Gasteiger partial charge on any atom is -0.420 e. The molecule has 7 nitrogen and oxygen atoms in total. The van der Waals surface area contributed by atoms with Crippen LogP contribution in [0.5, 0.6) is 0 Å². The first-order valence-electron chi connectivity index (χ1n) is 9.81. The molecule has 1 aromatic carbocycles. The fraction of sp³-hybridized carbons (Fsp3) is 0.476. The van der Waals surface area contributed by atoms with Crippen LogP contribution in [-0.2, 0) is 17.8 Å². The van der Waals surface area contributed by atoms with Crippen LogP contribution in [0, 0.1) is 12.8 Å². The summed E-state index contributed by atoms with van der Waals surface area (Å²) in [7, 11) is 1.75. The Balaban J connectivity index is 1.51. The number of hydrogen-bond acceptors (Lipinski definition) is 6. The number of methoxy groups -OCH3 is 1.